The molecular formula is C17H25N. The lowest BCUT2D eigenvalue weighted by atomic mass is 9.80. The molecule has 0 atom stereocenters. The zero-order valence-corrected chi connectivity index (χ0v) is 12.2. The molecule has 18 heavy (non-hydrogen) atoms. The number of unbranched alkanes of at least 4 members (excludes halogenated alkanes) is 1. The van der Waals surface area contributed by atoms with Crippen molar-refractivity contribution in [2.45, 2.75) is 47.0 Å². The average molecular weight is 243 g/mol. The second-order valence-electron chi connectivity index (χ2n) is 5.52. The first-order chi connectivity index (χ1) is 8.56. The fraction of sp³-hybridized carbons (Fsp3) is 0.529. The highest BCUT2D eigenvalue weighted by Crippen LogP contribution is 2.28. The van der Waals surface area contributed by atoms with Crippen LogP contribution in [-0.4, -0.2) is 12.4 Å². The van der Waals surface area contributed by atoms with Gasteiger partial charge in [0.1, 0.15) is 0 Å². The van der Waals surface area contributed by atoms with Crippen molar-refractivity contribution in [1.82, 2.24) is 0 Å². The summed E-state index contributed by atoms with van der Waals surface area (Å²) < 4.78 is 0. The lowest BCUT2D eigenvalue weighted by Crippen LogP contribution is -2.17. The molecule has 0 amide bonds. The van der Waals surface area contributed by atoms with Crippen molar-refractivity contribution < 1.29 is 0 Å². The second kappa shape index (κ2) is 7.18. The van der Waals surface area contributed by atoms with E-state index in [0.717, 1.165) is 19.4 Å². The Morgan fingerprint density at radius 3 is 2.50 bits per heavy atom. The summed E-state index contributed by atoms with van der Waals surface area (Å²) in [4.78, 5) is 4.38. The number of benzene rings is 1. The van der Waals surface area contributed by atoms with E-state index >= 15 is 0 Å². The highest BCUT2D eigenvalue weighted by atomic mass is 14.7. The molecule has 0 bridgehead atoms. The van der Waals surface area contributed by atoms with Gasteiger partial charge in [-0.25, -0.2) is 4.99 Å². The van der Waals surface area contributed by atoms with Crippen LogP contribution in [0.15, 0.2) is 40.9 Å². The van der Waals surface area contributed by atoms with Crippen LogP contribution in [0, 0.1) is 5.41 Å². The van der Waals surface area contributed by atoms with Crippen LogP contribution in [-0.2, 0) is 6.42 Å². The number of allylic oxidation sites excluding steroid dienone is 1. The molecule has 0 aliphatic rings. The molecule has 0 N–H and O–H groups in total. The van der Waals surface area contributed by atoms with Crippen LogP contribution < -0.4 is 0 Å². The number of hydrogen-bond donors (Lipinski definition) is 0. The maximum Gasteiger partial charge on any atom is 0.0483 e. The smallest absolute Gasteiger partial charge is 0.0483 e. The van der Waals surface area contributed by atoms with E-state index in [1.165, 1.54) is 17.6 Å². The van der Waals surface area contributed by atoms with Gasteiger partial charge >= 0.3 is 0 Å². The van der Waals surface area contributed by atoms with E-state index in [2.05, 4.69) is 68.9 Å². The SMILES string of the molecule is CCCCN=C=C(C)C(C)(C)Cc1ccccc1. The summed E-state index contributed by atoms with van der Waals surface area (Å²) in [6.07, 6.45) is 3.38. The molecule has 1 heteroatoms. The van der Waals surface area contributed by atoms with E-state index in [0.29, 0.717) is 0 Å². The van der Waals surface area contributed by atoms with Crippen molar-refractivity contribution in [2.75, 3.05) is 6.54 Å². The minimum atomic E-state index is 0.122. The van der Waals surface area contributed by atoms with Crippen LogP contribution in [0.5, 0.6) is 0 Å². The number of rotatable bonds is 6. The standard InChI is InChI=1S/C17H25N/c1-5-6-12-18-14-15(2)17(3,4)13-16-10-8-7-9-11-16/h7-11H,5-6,12-13H2,1-4H3. The zero-order chi connectivity index (χ0) is 13.4. The first-order valence-electron chi connectivity index (χ1n) is 6.86. The van der Waals surface area contributed by atoms with E-state index in [9.17, 15) is 0 Å². The van der Waals surface area contributed by atoms with Gasteiger partial charge in [0.2, 0.25) is 0 Å². The van der Waals surface area contributed by atoms with Crippen LogP contribution in [0.3, 0.4) is 0 Å². The topological polar surface area (TPSA) is 12.4 Å². The van der Waals surface area contributed by atoms with Crippen molar-refractivity contribution in [3.8, 4) is 0 Å². The maximum atomic E-state index is 4.38. The van der Waals surface area contributed by atoms with Gasteiger partial charge in [-0.2, -0.15) is 0 Å². The summed E-state index contributed by atoms with van der Waals surface area (Å²) in [6, 6.07) is 10.6. The molecule has 1 nitrogen and oxygen atoms in total. The molecule has 0 aliphatic heterocycles. The van der Waals surface area contributed by atoms with Gasteiger partial charge in [-0.1, -0.05) is 57.5 Å². The first-order valence-corrected chi connectivity index (χ1v) is 6.86. The first kappa shape index (κ1) is 14.7. The third kappa shape index (κ3) is 4.89. The monoisotopic (exact) mass is 243 g/mol. The van der Waals surface area contributed by atoms with Crippen molar-refractivity contribution in [1.29, 1.82) is 0 Å². The Morgan fingerprint density at radius 1 is 1.22 bits per heavy atom. The minimum absolute atomic E-state index is 0.122. The summed E-state index contributed by atoms with van der Waals surface area (Å²) in [6.45, 7) is 9.74. The van der Waals surface area contributed by atoms with Gasteiger partial charge in [0.15, 0.2) is 0 Å². The fourth-order valence-corrected chi connectivity index (χ4v) is 1.80. The van der Waals surface area contributed by atoms with Gasteiger partial charge in [0.25, 0.3) is 0 Å². The molecule has 0 fully saturated rings. The molecule has 1 aromatic rings. The lowest BCUT2D eigenvalue weighted by Gasteiger charge is -2.24. The Hall–Kier alpha value is -1.33. The molecular weight excluding hydrogens is 218 g/mol. The van der Waals surface area contributed by atoms with Crippen molar-refractivity contribution in [3.05, 3.63) is 41.5 Å². The predicted molar refractivity (Wildman–Crippen MR) is 80.3 cm³/mol. The Labute approximate surface area is 112 Å². The van der Waals surface area contributed by atoms with Crippen molar-refractivity contribution >= 4 is 5.87 Å². The van der Waals surface area contributed by atoms with Crippen LogP contribution in [0.1, 0.15) is 46.1 Å². The lowest BCUT2D eigenvalue weighted by molar-refractivity contribution is 0.449. The third-order valence-electron chi connectivity index (χ3n) is 3.37. The van der Waals surface area contributed by atoms with Crippen LogP contribution in [0.2, 0.25) is 0 Å². The molecule has 0 aromatic heterocycles. The predicted octanol–water partition coefficient (Wildman–Crippen LogP) is 4.67. The largest absolute Gasteiger partial charge is 0.243 e. The van der Waals surface area contributed by atoms with Crippen molar-refractivity contribution in [2.24, 2.45) is 10.4 Å². The van der Waals surface area contributed by atoms with Gasteiger partial charge in [0.05, 0.1) is 0 Å². The molecule has 0 aliphatic carbocycles. The summed E-state index contributed by atoms with van der Waals surface area (Å²) in [5, 5.41) is 0. The number of hydrogen-bond acceptors (Lipinski definition) is 1. The Balaban J connectivity index is 2.70. The summed E-state index contributed by atoms with van der Waals surface area (Å²) in [5.74, 6) is 3.22. The van der Waals surface area contributed by atoms with Gasteiger partial charge in [0, 0.05) is 6.54 Å². The summed E-state index contributed by atoms with van der Waals surface area (Å²) in [7, 11) is 0. The summed E-state index contributed by atoms with van der Waals surface area (Å²) in [5.41, 5.74) is 2.73. The molecule has 0 spiro atoms. The molecule has 0 saturated carbocycles. The van der Waals surface area contributed by atoms with Crippen molar-refractivity contribution in [3.63, 3.8) is 0 Å². The molecule has 0 radical (unpaired) electrons. The maximum absolute atomic E-state index is 4.38. The van der Waals surface area contributed by atoms with E-state index in [-0.39, 0.29) is 5.41 Å². The Bertz CT molecular complexity index is 408. The molecule has 98 valence electrons. The quantitative estimate of drug-likeness (QED) is 0.508. The van der Waals surface area contributed by atoms with E-state index in [4.69, 9.17) is 0 Å². The fourth-order valence-electron chi connectivity index (χ4n) is 1.80. The van der Waals surface area contributed by atoms with Gasteiger partial charge in [-0.15, -0.1) is 0 Å². The van der Waals surface area contributed by atoms with Crippen LogP contribution in [0.4, 0.5) is 0 Å². The second-order valence-corrected chi connectivity index (χ2v) is 5.52. The molecule has 0 heterocycles. The Kier molecular flexibility index (Phi) is 5.88. The number of nitrogens with zero attached hydrogens (tertiary/aromatic N) is 1. The van der Waals surface area contributed by atoms with E-state index in [1.54, 1.807) is 0 Å². The highest BCUT2D eigenvalue weighted by Gasteiger charge is 2.20. The number of aliphatic imine (C=N–C) groups is 1. The molecule has 1 aromatic carbocycles. The van der Waals surface area contributed by atoms with Crippen LogP contribution in [0.25, 0.3) is 0 Å². The molecule has 0 saturated heterocycles. The molecule has 1 rings (SSSR count). The minimum Gasteiger partial charge on any atom is -0.243 e. The van der Waals surface area contributed by atoms with Gasteiger partial charge in [-0.3, -0.25) is 0 Å². The van der Waals surface area contributed by atoms with Gasteiger partial charge < -0.3 is 0 Å². The van der Waals surface area contributed by atoms with E-state index in [1.807, 2.05) is 0 Å². The summed E-state index contributed by atoms with van der Waals surface area (Å²) >= 11 is 0. The van der Waals surface area contributed by atoms with Gasteiger partial charge in [-0.05, 0) is 42.2 Å². The Morgan fingerprint density at radius 2 is 1.89 bits per heavy atom. The third-order valence-corrected chi connectivity index (χ3v) is 3.37. The van der Waals surface area contributed by atoms with Crippen LogP contribution >= 0.6 is 0 Å². The molecule has 0 unspecified atom stereocenters. The average Bonchev–Trinajstić information content (AvgIpc) is 2.35. The zero-order valence-electron chi connectivity index (χ0n) is 12.2. The highest BCUT2D eigenvalue weighted by molar-refractivity contribution is 5.59. The van der Waals surface area contributed by atoms with E-state index < -0.39 is 0 Å². The normalized spacial score (nSPS) is 10.9.